The van der Waals surface area contributed by atoms with Crippen molar-refractivity contribution in [2.45, 2.75) is 44.6 Å². The van der Waals surface area contributed by atoms with E-state index >= 15 is 0 Å². The number of hydrogen-bond acceptors (Lipinski definition) is 2. The largest absolute Gasteiger partial charge is 0.382 e. The van der Waals surface area contributed by atoms with Crippen molar-refractivity contribution in [2.24, 2.45) is 5.92 Å². The van der Waals surface area contributed by atoms with Crippen molar-refractivity contribution in [1.29, 1.82) is 0 Å². The normalized spacial score (nSPS) is 30.5. The first-order valence-electron chi connectivity index (χ1n) is 5.41. The summed E-state index contributed by atoms with van der Waals surface area (Å²) in [6, 6.07) is 0. The Bertz CT molecular complexity index is 308. The molecule has 0 aromatic carbocycles. The molecule has 0 spiro atoms. The van der Waals surface area contributed by atoms with Gasteiger partial charge in [-0.2, -0.15) is 0 Å². The van der Waals surface area contributed by atoms with Gasteiger partial charge in [0, 0.05) is 18.8 Å². The van der Waals surface area contributed by atoms with Crippen LogP contribution in [0.5, 0.6) is 0 Å². The van der Waals surface area contributed by atoms with Gasteiger partial charge in [-0.3, -0.25) is 4.79 Å². The lowest BCUT2D eigenvalue weighted by Gasteiger charge is -2.33. The number of carbonyl (C=O) groups is 1. The second kappa shape index (κ2) is 5.14. The minimum atomic E-state index is -1.17. The second-order valence-electron chi connectivity index (χ2n) is 4.11. The standard InChI is InChI=1S/C13H18O2/c1-3-5-7-11-8-6-10-13(15,9-4-2)12(11)14/h4,11,15H,2,6-10H2,1H3/t11-,13+/m0/s1. The first kappa shape index (κ1) is 12.0. The Labute approximate surface area is 91.4 Å². The van der Waals surface area contributed by atoms with E-state index in [1.54, 1.807) is 13.0 Å². The zero-order chi connectivity index (χ0) is 11.3. The number of aliphatic hydroxyl groups is 1. The number of rotatable bonds is 3. The van der Waals surface area contributed by atoms with Gasteiger partial charge in [-0.15, -0.1) is 18.4 Å². The van der Waals surface area contributed by atoms with E-state index in [0.717, 1.165) is 12.8 Å². The summed E-state index contributed by atoms with van der Waals surface area (Å²) in [6.45, 7) is 5.35. The Morgan fingerprint density at radius 2 is 2.47 bits per heavy atom. The Kier molecular flexibility index (Phi) is 4.11. The van der Waals surface area contributed by atoms with Crippen LogP contribution in [0, 0.1) is 17.8 Å². The summed E-state index contributed by atoms with van der Waals surface area (Å²) in [5, 5.41) is 10.1. The van der Waals surface area contributed by atoms with Gasteiger partial charge in [-0.05, 0) is 26.2 Å². The molecule has 0 aromatic heterocycles. The van der Waals surface area contributed by atoms with E-state index in [0.29, 0.717) is 19.3 Å². The molecule has 0 radical (unpaired) electrons. The molecule has 1 aliphatic rings. The quantitative estimate of drug-likeness (QED) is 0.567. The Hall–Kier alpha value is -1.07. The number of ketones is 1. The van der Waals surface area contributed by atoms with Crippen LogP contribution in [0.2, 0.25) is 0 Å². The molecular formula is C13H18O2. The molecule has 82 valence electrons. The molecule has 15 heavy (non-hydrogen) atoms. The van der Waals surface area contributed by atoms with E-state index in [1.807, 2.05) is 0 Å². The zero-order valence-electron chi connectivity index (χ0n) is 9.25. The Morgan fingerprint density at radius 1 is 1.73 bits per heavy atom. The summed E-state index contributed by atoms with van der Waals surface area (Å²) < 4.78 is 0. The van der Waals surface area contributed by atoms with Gasteiger partial charge in [0.25, 0.3) is 0 Å². The van der Waals surface area contributed by atoms with Gasteiger partial charge in [0.15, 0.2) is 5.78 Å². The highest BCUT2D eigenvalue weighted by Crippen LogP contribution is 2.33. The molecule has 2 nitrogen and oxygen atoms in total. The smallest absolute Gasteiger partial charge is 0.168 e. The average Bonchev–Trinajstić information content (AvgIpc) is 2.21. The van der Waals surface area contributed by atoms with E-state index in [-0.39, 0.29) is 11.7 Å². The number of Topliss-reactive ketones (excluding diaryl/α,β-unsaturated/α-hetero) is 1. The Morgan fingerprint density at radius 3 is 3.07 bits per heavy atom. The lowest BCUT2D eigenvalue weighted by Crippen LogP contribution is -2.45. The lowest BCUT2D eigenvalue weighted by atomic mass is 9.74. The van der Waals surface area contributed by atoms with Crippen LogP contribution in [0.3, 0.4) is 0 Å². The topological polar surface area (TPSA) is 37.3 Å². The first-order chi connectivity index (χ1) is 7.14. The SMILES string of the molecule is C=CC[C@@]1(O)CCC[C@H](CC#CC)C1=O. The van der Waals surface area contributed by atoms with Gasteiger partial charge in [0.1, 0.15) is 5.60 Å². The molecule has 0 aromatic rings. The molecule has 0 bridgehead atoms. The van der Waals surface area contributed by atoms with Crippen molar-refractivity contribution in [3.8, 4) is 11.8 Å². The summed E-state index contributed by atoms with van der Waals surface area (Å²) in [5.41, 5.74) is -1.17. The third kappa shape index (κ3) is 2.70. The van der Waals surface area contributed by atoms with Gasteiger partial charge in [0.05, 0.1) is 0 Å². The highest BCUT2D eigenvalue weighted by atomic mass is 16.3. The maximum atomic E-state index is 12.0. The van der Waals surface area contributed by atoms with Crippen LogP contribution in [0.4, 0.5) is 0 Å². The van der Waals surface area contributed by atoms with Gasteiger partial charge < -0.3 is 5.11 Å². The summed E-state index contributed by atoms with van der Waals surface area (Å²) in [5.74, 6) is 5.58. The van der Waals surface area contributed by atoms with Crippen LogP contribution in [-0.2, 0) is 4.79 Å². The lowest BCUT2D eigenvalue weighted by molar-refractivity contribution is -0.145. The van der Waals surface area contributed by atoms with Crippen LogP contribution < -0.4 is 0 Å². The van der Waals surface area contributed by atoms with Crippen LogP contribution in [0.25, 0.3) is 0 Å². The predicted octanol–water partition coefficient (Wildman–Crippen LogP) is 2.08. The van der Waals surface area contributed by atoms with E-state index < -0.39 is 5.60 Å². The van der Waals surface area contributed by atoms with Crippen molar-refractivity contribution in [1.82, 2.24) is 0 Å². The van der Waals surface area contributed by atoms with Crippen LogP contribution >= 0.6 is 0 Å². The third-order valence-electron chi connectivity index (χ3n) is 2.98. The maximum Gasteiger partial charge on any atom is 0.168 e. The number of hydrogen-bond donors (Lipinski definition) is 1. The maximum absolute atomic E-state index is 12.0. The fourth-order valence-corrected chi connectivity index (χ4v) is 2.14. The zero-order valence-corrected chi connectivity index (χ0v) is 9.25. The van der Waals surface area contributed by atoms with Gasteiger partial charge in [-0.1, -0.05) is 6.08 Å². The molecule has 1 aliphatic carbocycles. The predicted molar refractivity (Wildman–Crippen MR) is 60.2 cm³/mol. The summed E-state index contributed by atoms with van der Waals surface area (Å²) >= 11 is 0. The Balaban J connectivity index is 2.72. The van der Waals surface area contributed by atoms with Crippen molar-refractivity contribution in [3.63, 3.8) is 0 Å². The van der Waals surface area contributed by atoms with Gasteiger partial charge in [0.2, 0.25) is 0 Å². The fourth-order valence-electron chi connectivity index (χ4n) is 2.14. The minimum Gasteiger partial charge on any atom is -0.382 e. The molecule has 1 fully saturated rings. The van der Waals surface area contributed by atoms with Crippen LogP contribution in [-0.4, -0.2) is 16.5 Å². The summed E-state index contributed by atoms with van der Waals surface area (Å²) in [4.78, 5) is 12.0. The van der Waals surface area contributed by atoms with Crippen molar-refractivity contribution >= 4 is 5.78 Å². The molecule has 0 heterocycles. The molecule has 0 saturated heterocycles. The molecular weight excluding hydrogens is 188 g/mol. The molecule has 0 unspecified atom stereocenters. The van der Waals surface area contributed by atoms with Crippen LogP contribution in [0.1, 0.15) is 39.0 Å². The summed E-state index contributed by atoms with van der Waals surface area (Å²) in [7, 11) is 0. The molecule has 0 aliphatic heterocycles. The fraction of sp³-hybridized carbons (Fsp3) is 0.615. The highest BCUT2D eigenvalue weighted by Gasteiger charge is 2.41. The highest BCUT2D eigenvalue weighted by molar-refractivity contribution is 5.90. The van der Waals surface area contributed by atoms with Crippen LogP contribution in [0.15, 0.2) is 12.7 Å². The molecule has 1 N–H and O–H groups in total. The van der Waals surface area contributed by atoms with Crippen molar-refractivity contribution < 1.29 is 9.90 Å². The molecule has 2 heteroatoms. The molecule has 1 rings (SSSR count). The monoisotopic (exact) mass is 206 g/mol. The van der Waals surface area contributed by atoms with E-state index in [4.69, 9.17) is 0 Å². The average molecular weight is 206 g/mol. The van der Waals surface area contributed by atoms with E-state index in [9.17, 15) is 9.90 Å². The first-order valence-corrected chi connectivity index (χ1v) is 5.41. The van der Waals surface area contributed by atoms with E-state index in [2.05, 4.69) is 18.4 Å². The second-order valence-corrected chi connectivity index (χ2v) is 4.11. The third-order valence-corrected chi connectivity index (χ3v) is 2.98. The van der Waals surface area contributed by atoms with Crippen molar-refractivity contribution in [2.75, 3.05) is 0 Å². The van der Waals surface area contributed by atoms with E-state index in [1.165, 1.54) is 0 Å². The molecule has 0 amide bonds. The summed E-state index contributed by atoms with van der Waals surface area (Å²) in [6.07, 6.45) is 4.87. The minimum absolute atomic E-state index is 0.0450. The van der Waals surface area contributed by atoms with Gasteiger partial charge in [-0.25, -0.2) is 0 Å². The van der Waals surface area contributed by atoms with Crippen molar-refractivity contribution in [3.05, 3.63) is 12.7 Å². The van der Waals surface area contributed by atoms with Gasteiger partial charge >= 0.3 is 0 Å². The molecule has 1 saturated carbocycles. The molecule has 2 atom stereocenters. The number of carbonyl (C=O) groups excluding carboxylic acids is 1.